The van der Waals surface area contributed by atoms with Gasteiger partial charge in [0.05, 0.1) is 18.4 Å². The number of nitrogens with two attached hydrogens (primary N) is 1. The van der Waals surface area contributed by atoms with Gasteiger partial charge in [-0.1, -0.05) is 0 Å². The van der Waals surface area contributed by atoms with E-state index in [-0.39, 0.29) is 11.3 Å². The summed E-state index contributed by atoms with van der Waals surface area (Å²) >= 11 is 0. The van der Waals surface area contributed by atoms with Gasteiger partial charge in [-0.05, 0) is 30.3 Å². The Morgan fingerprint density at radius 3 is 2.70 bits per heavy atom. The fourth-order valence-electron chi connectivity index (χ4n) is 1.74. The highest BCUT2D eigenvalue weighted by molar-refractivity contribution is 5.96. The lowest BCUT2D eigenvalue weighted by Crippen LogP contribution is -2.04. The van der Waals surface area contributed by atoms with E-state index in [0.29, 0.717) is 17.1 Å². The highest BCUT2D eigenvalue weighted by atomic mass is 19.1. The molecule has 20 heavy (non-hydrogen) atoms. The summed E-state index contributed by atoms with van der Waals surface area (Å²) in [6.45, 7) is 0. The number of nitrogen functional groups attached to an aromatic ring is 1. The summed E-state index contributed by atoms with van der Waals surface area (Å²) in [7, 11) is 1.35. The van der Waals surface area contributed by atoms with Crippen LogP contribution in [0.3, 0.4) is 0 Å². The van der Waals surface area contributed by atoms with Gasteiger partial charge in [0.1, 0.15) is 0 Å². The summed E-state index contributed by atoms with van der Waals surface area (Å²) in [5.74, 6) is -1.51. The summed E-state index contributed by atoms with van der Waals surface area (Å²) in [6, 6.07) is 8.55. The average molecular weight is 276 g/mol. The van der Waals surface area contributed by atoms with Gasteiger partial charge in [-0.3, -0.25) is 0 Å². The number of nitrogens with one attached hydrogen (secondary N) is 1. The largest absolute Gasteiger partial charge is 0.494 e. The zero-order valence-electron chi connectivity index (χ0n) is 10.7. The van der Waals surface area contributed by atoms with Crippen molar-refractivity contribution >= 4 is 23.0 Å². The van der Waals surface area contributed by atoms with Gasteiger partial charge in [0.25, 0.3) is 0 Å². The van der Waals surface area contributed by atoms with Crippen LogP contribution in [-0.4, -0.2) is 18.2 Å². The Kier molecular flexibility index (Phi) is 3.74. The minimum absolute atomic E-state index is 0.0655. The third-order valence-electron chi connectivity index (χ3n) is 2.70. The first-order valence-corrected chi connectivity index (χ1v) is 5.74. The monoisotopic (exact) mass is 276 g/mol. The number of aromatic carboxylic acids is 1. The topological polar surface area (TPSA) is 84.6 Å². The molecule has 0 amide bonds. The maximum atomic E-state index is 13.3. The van der Waals surface area contributed by atoms with Crippen LogP contribution in [-0.2, 0) is 0 Å². The first kappa shape index (κ1) is 13.7. The molecule has 2 aromatic carbocycles. The third kappa shape index (κ3) is 2.80. The van der Waals surface area contributed by atoms with Crippen molar-refractivity contribution in [3.05, 3.63) is 47.8 Å². The molecule has 2 rings (SSSR count). The van der Waals surface area contributed by atoms with Crippen LogP contribution in [0.4, 0.5) is 21.5 Å². The van der Waals surface area contributed by atoms with Gasteiger partial charge in [0.15, 0.2) is 11.6 Å². The smallest absolute Gasteiger partial charge is 0.337 e. The lowest BCUT2D eigenvalue weighted by Gasteiger charge is -2.11. The predicted octanol–water partition coefficient (Wildman–Crippen LogP) is 2.86. The molecule has 0 saturated heterocycles. The average Bonchev–Trinajstić information content (AvgIpc) is 2.40. The normalized spacial score (nSPS) is 10.1. The van der Waals surface area contributed by atoms with Gasteiger partial charge in [-0.2, -0.15) is 0 Å². The summed E-state index contributed by atoms with van der Waals surface area (Å²) in [6.07, 6.45) is 0. The van der Waals surface area contributed by atoms with Crippen molar-refractivity contribution < 1.29 is 19.0 Å². The van der Waals surface area contributed by atoms with Crippen LogP contribution in [0.2, 0.25) is 0 Å². The van der Waals surface area contributed by atoms with E-state index in [9.17, 15) is 9.18 Å². The molecule has 0 aliphatic rings. The fourth-order valence-corrected chi connectivity index (χ4v) is 1.74. The minimum Gasteiger partial charge on any atom is -0.494 e. The molecular weight excluding hydrogens is 263 g/mol. The van der Waals surface area contributed by atoms with Crippen molar-refractivity contribution in [1.82, 2.24) is 0 Å². The second kappa shape index (κ2) is 5.48. The number of carbonyl (C=O) groups is 1. The molecular formula is C14H13FN2O3. The molecule has 5 nitrogen and oxygen atoms in total. The molecule has 0 atom stereocenters. The van der Waals surface area contributed by atoms with E-state index >= 15 is 0 Å². The number of carboxylic acids is 1. The second-order valence-electron chi connectivity index (χ2n) is 4.08. The Hall–Kier alpha value is -2.76. The van der Waals surface area contributed by atoms with Crippen molar-refractivity contribution in [2.75, 3.05) is 18.2 Å². The van der Waals surface area contributed by atoms with Gasteiger partial charge in [0.2, 0.25) is 0 Å². The van der Waals surface area contributed by atoms with E-state index in [2.05, 4.69) is 5.32 Å². The SMILES string of the molecule is COc1cc(Nc2cc(N)ccc2C(=O)O)ccc1F. The summed E-state index contributed by atoms with van der Waals surface area (Å²) < 4.78 is 18.2. The standard InChI is InChI=1S/C14H13FN2O3/c1-20-13-7-9(3-5-11(13)15)17-12-6-8(16)2-4-10(12)14(18)19/h2-7,17H,16H2,1H3,(H,18,19). The molecule has 2 aromatic rings. The van der Waals surface area contributed by atoms with Crippen LogP contribution >= 0.6 is 0 Å². The molecule has 0 unspecified atom stereocenters. The maximum absolute atomic E-state index is 13.3. The minimum atomic E-state index is -1.08. The number of anilines is 3. The van der Waals surface area contributed by atoms with Gasteiger partial charge < -0.3 is 20.9 Å². The molecule has 0 aromatic heterocycles. The Morgan fingerprint density at radius 1 is 1.30 bits per heavy atom. The molecule has 0 saturated carbocycles. The summed E-state index contributed by atoms with van der Waals surface area (Å²) in [5.41, 5.74) is 6.96. The van der Waals surface area contributed by atoms with E-state index < -0.39 is 11.8 Å². The maximum Gasteiger partial charge on any atom is 0.337 e. The highest BCUT2D eigenvalue weighted by Crippen LogP contribution is 2.27. The molecule has 0 heterocycles. The molecule has 0 fully saturated rings. The van der Waals surface area contributed by atoms with E-state index in [4.69, 9.17) is 15.6 Å². The number of carboxylic acid groups (broad SMARTS) is 1. The second-order valence-corrected chi connectivity index (χ2v) is 4.08. The first-order chi connectivity index (χ1) is 9.51. The van der Waals surface area contributed by atoms with E-state index in [0.717, 1.165) is 0 Å². The predicted molar refractivity (Wildman–Crippen MR) is 74.0 cm³/mol. The van der Waals surface area contributed by atoms with Crippen LogP contribution in [0, 0.1) is 5.82 Å². The molecule has 0 aliphatic carbocycles. The van der Waals surface area contributed by atoms with Crippen molar-refractivity contribution in [3.63, 3.8) is 0 Å². The van der Waals surface area contributed by atoms with Crippen molar-refractivity contribution in [3.8, 4) is 5.75 Å². The van der Waals surface area contributed by atoms with E-state index in [1.54, 1.807) is 0 Å². The van der Waals surface area contributed by atoms with Gasteiger partial charge in [0, 0.05) is 17.4 Å². The van der Waals surface area contributed by atoms with Crippen LogP contribution in [0.15, 0.2) is 36.4 Å². The number of benzene rings is 2. The quantitative estimate of drug-likeness (QED) is 0.748. The molecule has 0 radical (unpaired) electrons. The first-order valence-electron chi connectivity index (χ1n) is 5.74. The van der Waals surface area contributed by atoms with Crippen LogP contribution in [0.1, 0.15) is 10.4 Å². The van der Waals surface area contributed by atoms with Gasteiger partial charge >= 0.3 is 5.97 Å². The number of ether oxygens (including phenoxy) is 1. The Morgan fingerprint density at radius 2 is 2.05 bits per heavy atom. The Bertz CT molecular complexity index is 659. The molecule has 0 spiro atoms. The van der Waals surface area contributed by atoms with Crippen LogP contribution in [0.25, 0.3) is 0 Å². The summed E-state index contributed by atoms with van der Waals surface area (Å²) in [5, 5.41) is 12.0. The lowest BCUT2D eigenvalue weighted by molar-refractivity contribution is 0.0698. The molecule has 0 aliphatic heterocycles. The van der Waals surface area contributed by atoms with E-state index in [1.165, 1.54) is 43.5 Å². The van der Waals surface area contributed by atoms with Crippen molar-refractivity contribution in [2.24, 2.45) is 0 Å². The van der Waals surface area contributed by atoms with Crippen LogP contribution < -0.4 is 15.8 Å². The van der Waals surface area contributed by atoms with Gasteiger partial charge in [-0.15, -0.1) is 0 Å². The molecule has 6 heteroatoms. The number of hydrogen-bond acceptors (Lipinski definition) is 4. The number of halogens is 1. The van der Waals surface area contributed by atoms with Gasteiger partial charge in [-0.25, -0.2) is 9.18 Å². The zero-order chi connectivity index (χ0) is 14.7. The third-order valence-corrected chi connectivity index (χ3v) is 2.70. The Labute approximate surface area is 114 Å². The Balaban J connectivity index is 2.39. The highest BCUT2D eigenvalue weighted by Gasteiger charge is 2.11. The zero-order valence-corrected chi connectivity index (χ0v) is 10.7. The number of hydrogen-bond donors (Lipinski definition) is 3. The molecule has 0 bridgehead atoms. The fraction of sp³-hybridized carbons (Fsp3) is 0.0714. The number of rotatable bonds is 4. The summed E-state index contributed by atoms with van der Waals surface area (Å²) in [4.78, 5) is 11.1. The van der Waals surface area contributed by atoms with Crippen LogP contribution in [0.5, 0.6) is 5.75 Å². The molecule has 4 N–H and O–H groups in total. The lowest BCUT2D eigenvalue weighted by atomic mass is 10.1. The van der Waals surface area contributed by atoms with E-state index in [1.807, 2.05) is 0 Å². The van der Waals surface area contributed by atoms with Crippen molar-refractivity contribution in [1.29, 1.82) is 0 Å². The molecule has 104 valence electrons. The number of methoxy groups -OCH3 is 1. The van der Waals surface area contributed by atoms with Crippen molar-refractivity contribution in [2.45, 2.75) is 0 Å².